The van der Waals surface area contributed by atoms with E-state index < -0.39 is 9.84 Å². The molecule has 3 rings (SSSR count). The number of nitrogens with one attached hydrogen (secondary N) is 2. The van der Waals surface area contributed by atoms with E-state index in [1.807, 2.05) is 6.07 Å². The normalized spacial score (nSPS) is 28.4. The minimum absolute atomic E-state index is 0.00264. The second kappa shape index (κ2) is 7.59. The largest absolute Gasteiger partial charge is 0.467 e. The van der Waals surface area contributed by atoms with Gasteiger partial charge in [0.25, 0.3) is 0 Å². The summed E-state index contributed by atoms with van der Waals surface area (Å²) in [6.07, 6.45) is 4.73. The molecule has 2 fully saturated rings. The summed E-state index contributed by atoms with van der Waals surface area (Å²) in [5.41, 5.74) is 0. The average Bonchev–Trinajstić information content (AvgIpc) is 3.22. The maximum atomic E-state index is 12.3. The molecule has 1 unspecified atom stereocenters. The lowest BCUT2D eigenvalue weighted by atomic mass is 9.81. The number of furan rings is 1. The van der Waals surface area contributed by atoms with Crippen molar-refractivity contribution in [3.05, 3.63) is 24.2 Å². The first-order valence-electron chi connectivity index (χ1n) is 8.74. The van der Waals surface area contributed by atoms with Crippen molar-refractivity contribution >= 4 is 21.7 Å². The maximum Gasteiger partial charge on any atom is 0.223 e. The number of amides is 2. The van der Waals surface area contributed by atoms with Gasteiger partial charge in [-0.3, -0.25) is 9.59 Å². The lowest BCUT2D eigenvalue weighted by Gasteiger charge is -2.27. The fraction of sp³-hybridized carbons (Fsp3) is 0.647. The van der Waals surface area contributed by atoms with Crippen LogP contribution in [0, 0.1) is 11.8 Å². The monoisotopic (exact) mass is 368 g/mol. The predicted molar refractivity (Wildman–Crippen MR) is 91.2 cm³/mol. The minimum atomic E-state index is -2.99. The van der Waals surface area contributed by atoms with Crippen LogP contribution in [0.25, 0.3) is 0 Å². The van der Waals surface area contributed by atoms with Gasteiger partial charge in [-0.25, -0.2) is 8.42 Å². The van der Waals surface area contributed by atoms with E-state index in [1.165, 1.54) is 0 Å². The van der Waals surface area contributed by atoms with Crippen LogP contribution >= 0.6 is 0 Å². The van der Waals surface area contributed by atoms with Gasteiger partial charge >= 0.3 is 0 Å². The zero-order chi connectivity index (χ0) is 17.9. The van der Waals surface area contributed by atoms with Crippen molar-refractivity contribution in [3.63, 3.8) is 0 Å². The Morgan fingerprint density at radius 1 is 1.08 bits per heavy atom. The molecule has 7 nitrogen and oxygen atoms in total. The Hall–Kier alpha value is -1.83. The van der Waals surface area contributed by atoms with Crippen LogP contribution in [-0.4, -0.2) is 37.8 Å². The van der Waals surface area contributed by atoms with Crippen LogP contribution in [0.2, 0.25) is 0 Å². The highest BCUT2D eigenvalue weighted by molar-refractivity contribution is 7.91. The fourth-order valence-electron chi connectivity index (χ4n) is 3.58. The number of carbonyl (C=O) groups excluding carboxylic acids is 2. The first kappa shape index (κ1) is 18.0. The maximum absolute atomic E-state index is 12.3. The minimum Gasteiger partial charge on any atom is -0.467 e. The molecule has 1 aliphatic heterocycles. The van der Waals surface area contributed by atoms with E-state index in [4.69, 9.17) is 4.42 Å². The quantitative estimate of drug-likeness (QED) is 0.807. The molecule has 0 aromatic carbocycles. The molecule has 8 heteroatoms. The second-order valence-corrected chi connectivity index (χ2v) is 9.18. The lowest BCUT2D eigenvalue weighted by Crippen LogP contribution is -2.42. The average molecular weight is 368 g/mol. The van der Waals surface area contributed by atoms with Crippen molar-refractivity contribution in [2.45, 2.75) is 44.7 Å². The number of carbonyl (C=O) groups is 2. The molecule has 2 heterocycles. The first-order valence-corrected chi connectivity index (χ1v) is 10.6. The Morgan fingerprint density at radius 2 is 1.76 bits per heavy atom. The van der Waals surface area contributed by atoms with Gasteiger partial charge in [-0.2, -0.15) is 0 Å². The van der Waals surface area contributed by atoms with Crippen molar-refractivity contribution in [1.29, 1.82) is 0 Å². The van der Waals surface area contributed by atoms with E-state index in [0.717, 1.165) is 0 Å². The van der Waals surface area contributed by atoms with E-state index in [9.17, 15) is 18.0 Å². The predicted octanol–water partition coefficient (Wildman–Crippen LogP) is 1.01. The summed E-state index contributed by atoms with van der Waals surface area (Å²) in [4.78, 5) is 24.5. The van der Waals surface area contributed by atoms with Gasteiger partial charge in [0, 0.05) is 17.9 Å². The smallest absolute Gasteiger partial charge is 0.223 e. The first-order chi connectivity index (χ1) is 11.9. The molecule has 0 radical (unpaired) electrons. The zero-order valence-electron chi connectivity index (χ0n) is 14.1. The summed E-state index contributed by atoms with van der Waals surface area (Å²) < 4.78 is 28.1. The van der Waals surface area contributed by atoms with E-state index in [-0.39, 0.29) is 41.2 Å². The summed E-state index contributed by atoms with van der Waals surface area (Å²) >= 11 is 0. The fourth-order valence-corrected chi connectivity index (χ4v) is 5.25. The molecule has 2 N–H and O–H groups in total. The van der Waals surface area contributed by atoms with Crippen molar-refractivity contribution in [1.82, 2.24) is 10.6 Å². The molecule has 1 saturated carbocycles. The van der Waals surface area contributed by atoms with Crippen molar-refractivity contribution in [2.24, 2.45) is 11.8 Å². The highest BCUT2D eigenvalue weighted by atomic mass is 32.2. The summed E-state index contributed by atoms with van der Waals surface area (Å²) in [6, 6.07) is 3.33. The number of sulfone groups is 1. The van der Waals surface area contributed by atoms with E-state index >= 15 is 0 Å². The third kappa shape index (κ3) is 4.84. The molecule has 2 aliphatic rings. The molecule has 1 atom stereocenters. The molecule has 1 saturated heterocycles. The van der Waals surface area contributed by atoms with Crippen LogP contribution in [0.5, 0.6) is 0 Å². The molecular weight excluding hydrogens is 344 g/mol. The van der Waals surface area contributed by atoms with E-state index in [2.05, 4.69) is 10.6 Å². The van der Waals surface area contributed by atoms with Crippen LogP contribution < -0.4 is 10.6 Å². The van der Waals surface area contributed by atoms with Crippen LogP contribution in [-0.2, 0) is 26.0 Å². The van der Waals surface area contributed by atoms with Gasteiger partial charge in [0.05, 0.1) is 24.3 Å². The Bertz CT molecular complexity index is 705. The number of rotatable bonds is 5. The van der Waals surface area contributed by atoms with E-state index in [0.29, 0.717) is 44.4 Å². The number of hydrogen-bond acceptors (Lipinski definition) is 5. The van der Waals surface area contributed by atoms with Gasteiger partial charge in [-0.1, -0.05) is 0 Å². The lowest BCUT2D eigenvalue weighted by molar-refractivity contribution is -0.131. The van der Waals surface area contributed by atoms with Gasteiger partial charge in [-0.05, 0) is 44.2 Å². The number of hydrogen-bond donors (Lipinski definition) is 2. The van der Waals surface area contributed by atoms with Crippen LogP contribution in [0.15, 0.2) is 22.8 Å². The van der Waals surface area contributed by atoms with Gasteiger partial charge in [0.1, 0.15) is 5.76 Å². The Balaban J connectivity index is 1.40. The SMILES string of the molecule is O=C(NCc1ccco1)C1CCC(C(=O)NC2CCS(=O)(=O)C2)CC1. The molecule has 2 amide bonds. The molecule has 1 aliphatic carbocycles. The molecule has 1 aromatic heterocycles. The summed E-state index contributed by atoms with van der Waals surface area (Å²) in [6.45, 7) is 0.377. The molecule has 0 spiro atoms. The standard InChI is InChI=1S/C17H24N2O5S/c20-16(18-10-15-2-1-8-24-15)12-3-5-13(6-4-12)17(21)19-14-7-9-25(22,23)11-14/h1-2,8,12-14H,3-7,9-11H2,(H,18,20)(H,19,21). The third-order valence-electron chi connectivity index (χ3n) is 5.06. The molecular formula is C17H24N2O5S. The molecule has 1 aromatic rings. The summed E-state index contributed by atoms with van der Waals surface area (Å²) in [7, 11) is -2.99. The van der Waals surface area contributed by atoms with Gasteiger partial charge in [0.15, 0.2) is 9.84 Å². The van der Waals surface area contributed by atoms with Crippen molar-refractivity contribution < 1.29 is 22.4 Å². The van der Waals surface area contributed by atoms with Gasteiger partial charge in [0.2, 0.25) is 11.8 Å². The second-order valence-electron chi connectivity index (χ2n) is 6.95. The Morgan fingerprint density at radius 3 is 2.32 bits per heavy atom. The van der Waals surface area contributed by atoms with E-state index in [1.54, 1.807) is 12.3 Å². The van der Waals surface area contributed by atoms with Gasteiger partial charge in [-0.15, -0.1) is 0 Å². The summed E-state index contributed by atoms with van der Waals surface area (Å²) in [5, 5.41) is 5.73. The zero-order valence-corrected chi connectivity index (χ0v) is 14.9. The van der Waals surface area contributed by atoms with Crippen molar-refractivity contribution in [3.8, 4) is 0 Å². The molecule has 0 bridgehead atoms. The highest BCUT2D eigenvalue weighted by Gasteiger charge is 2.33. The Labute approximate surface area is 147 Å². The topological polar surface area (TPSA) is 105 Å². The van der Waals surface area contributed by atoms with Crippen LogP contribution in [0.4, 0.5) is 0 Å². The van der Waals surface area contributed by atoms with Crippen LogP contribution in [0.1, 0.15) is 37.9 Å². The van der Waals surface area contributed by atoms with Gasteiger partial charge < -0.3 is 15.1 Å². The van der Waals surface area contributed by atoms with Crippen molar-refractivity contribution in [2.75, 3.05) is 11.5 Å². The Kier molecular flexibility index (Phi) is 5.46. The molecule has 25 heavy (non-hydrogen) atoms. The highest BCUT2D eigenvalue weighted by Crippen LogP contribution is 2.29. The third-order valence-corrected chi connectivity index (χ3v) is 6.83. The summed E-state index contributed by atoms with van der Waals surface area (Å²) in [5.74, 6) is 0.633. The molecule has 138 valence electrons. The van der Waals surface area contributed by atoms with Crippen LogP contribution in [0.3, 0.4) is 0 Å².